The molecule has 0 spiro atoms. The molecule has 0 aromatic heterocycles. The van der Waals surface area contributed by atoms with E-state index in [-0.39, 0.29) is 0 Å². The molecule has 3 nitrogen and oxygen atoms in total. The quantitative estimate of drug-likeness (QED) is 0.800. The smallest absolute Gasteiger partial charge is 0.121 e. The standard InChI is InChI=1S/C14H22N2O/c1-10-6-11(2)9-16(8-10)14-5-4-12(17-3)7-13(14)15/h4-5,7,10-11H,6,8-9,15H2,1-3H3. The van der Waals surface area contributed by atoms with Gasteiger partial charge in [0.05, 0.1) is 18.5 Å². The molecular formula is C14H22N2O. The minimum atomic E-state index is 0.736. The SMILES string of the molecule is COc1ccc(N2CC(C)CC(C)C2)c(N)c1. The van der Waals surface area contributed by atoms with Gasteiger partial charge in [-0.3, -0.25) is 0 Å². The van der Waals surface area contributed by atoms with Crippen LogP contribution >= 0.6 is 0 Å². The minimum Gasteiger partial charge on any atom is -0.497 e. The summed E-state index contributed by atoms with van der Waals surface area (Å²) in [6.45, 7) is 6.81. The maximum atomic E-state index is 6.10. The molecule has 94 valence electrons. The van der Waals surface area contributed by atoms with Gasteiger partial charge in [-0.15, -0.1) is 0 Å². The maximum absolute atomic E-state index is 6.10. The summed E-state index contributed by atoms with van der Waals surface area (Å²) in [5.41, 5.74) is 8.05. The summed E-state index contributed by atoms with van der Waals surface area (Å²) in [5, 5.41) is 0. The Hall–Kier alpha value is -1.38. The number of nitrogens with zero attached hydrogens (tertiary/aromatic N) is 1. The first-order valence-corrected chi connectivity index (χ1v) is 6.28. The van der Waals surface area contributed by atoms with Crippen LogP contribution in [-0.4, -0.2) is 20.2 Å². The molecule has 1 aliphatic heterocycles. The van der Waals surface area contributed by atoms with Gasteiger partial charge in [-0.1, -0.05) is 13.8 Å². The van der Waals surface area contributed by atoms with Crippen molar-refractivity contribution in [1.29, 1.82) is 0 Å². The first-order valence-electron chi connectivity index (χ1n) is 6.28. The predicted molar refractivity (Wildman–Crippen MR) is 72.6 cm³/mol. The third-order valence-electron chi connectivity index (χ3n) is 3.44. The molecule has 1 aliphatic rings. The Morgan fingerprint density at radius 1 is 1.24 bits per heavy atom. The van der Waals surface area contributed by atoms with Gasteiger partial charge >= 0.3 is 0 Å². The second kappa shape index (κ2) is 4.86. The second-order valence-electron chi connectivity index (χ2n) is 5.28. The van der Waals surface area contributed by atoms with Crippen LogP contribution in [0.15, 0.2) is 18.2 Å². The Morgan fingerprint density at radius 3 is 2.41 bits per heavy atom. The first kappa shape index (κ1) is 12.1. The van der Waals surface area contributed by atoms with Gasteiger partial charge in [0.2, 0.25) is 0 Å². The summed E-state index contributed by atoms with van der Waals surface area (Å²) in [6, 6.07) is 5.95. The number of piperidine rings is 1. The molecule has 1 aromatic carbocycles. The molecule has 2 N–H and O–H groups in total. The molecule has 0 radical (unpaired) electrons. The van der Waals surface area contributed by atoms with Crippen LogP contribution in [0.1, 0.15) is 20.3 Å². The third kappa shape index (κ3) is 2.65. The van der Waals surface area contributed by atoms with Gasteiger partial charge in [0.15, 0.2) is 0 Å². The second-order valence-corrected chi connectivity index (χ2v) is 5.28. The van der Waals surface area contributed by atoms with E-state index in [2.05, 4.69) is 24.8 Å². The van der Waals surface area contributed by atoms with Crippen molar-refractivity contribution in [3.63, 3.8) is 0 Å². The molecule has 0 bridgehead atoms. The monoisotopic (exact) mass is 234 g/mol. The average molecular weight is 234 g/mol. The molecule has 1 heterocycles. The molecule has 2 unspecified atom stereocenters. The molecule has 1 saturated heterocycles. The average Bonchev–Trinajstić information content (AvgIpc) is 2.27. The normalized spacial score (nSPS) is 24.8. The van der Waals surface area contributed by atoms with E-state index in [0.29, 0.717) is 0 Å². The molecule has 0 aliphatic carbocycles. The van der Waals surface area contributed by atoms with E-state index in [4.69, 9.17) is 10.5 Å². The van der Waals surface area contributed by atoms with E-state index < -0.39 is 0 Å². The number of hydrogen-bond donors (Lipinski definition) is 1. The lowest BCUT2D eigenvalue weighted by molar-refractivity contribution is 0.357. The number of ether oxygens (including phenoxy) is 1. The molecule has 1 fully saturated rings. The van der Waals surface area contributed by atoms with Crippen molar-refractivity contribution in [3.05, 3.63) is 18.2 Å². The zero-order valence-corrected chi connectivity index (χ0v) is 10.9. The fourth-order valence-electron chi connectivity index (χ4n) is 2.81. The third-order valence-corrected chi connectivity index (χ3v) is 3.44. The Labute approximate surface area is 104 Å². The number of benzene rings is 1. The summed E-state index contributed by atoms with van der Waals surface area (Å²) in [4.78, 5) is 2.40. The number of nitrogens with two attached hydrogens (primary N) is 1. The highest BCUT2D eigenvalue weighted by molar-refractivity contribution is 5.69. The molecule has 2 rings (SSSR count). The Morgan fingerprint density at radius 2 is 1.88 bits per heavy atom. The highest BCUT2D eigenvalue weighted by atomic mass is 16.5. The summed E-state index contributed by atoms with van der Waals surface area (Å²) >= 11 is 0. The van der Waals surface area contributed by atoms with Crippen molar-refractivity contribution in [2.45, 2.75) is 20.3 Å². The fourth-order valence-corrected chi connectivity index (χ4v) is 2.81. The van der Waals surface area contributed by atoms with Crippen LogP contribution in [0.2, 0.25) is 0 Å². The fraction of sp³-hybridized carbons (Fsp3) is 0.571. The number of nitrogen functional groups attached to an aromatic ring is 1. The highest BCUT2D eigenvalue weighted by Gasteiger charge is 2.23. The van der Waals surface area contributed by atoms with Crippen molar-refractivity contribution >= 4 is 11.4 Å². The zero-order valence-electron chi connectivity index (χ0n) is 10.9. The Balaban J connectivity index is 2.21. The summed E-state index contributed by atoms with van der Waals surface area (Å²) in [6.07, 6.45) is 1.31. The van der Waals surface area contributed by atoms with E-state index >= 15 is 0 Å². The zero-order chi connectivity index (χ0) is 12.4. The summed E-state index contributed by atoms with van der Waals surface area (Å²) < 4.78 is 5.18. The lowest BCUT2D eigenvalue weighted by atomic mass is 9.91. The first-order chi connectivity index (χ1) is 8.10. The van der Waals surface area contributed by atoms with Gasteiger partial charge in [0.1, 0.15) is 5.75 Å². The number of rotatable bonds is 2. The van der Waals surface area contributed by atoms with E-state index in [1.165, 1.54) is 6.42 Å². The molecule has 2 atom stereocenters. The van der Waals surface area contributed by atoms with Crippen LogP contribution in [0.3, 0.4) is 0 Å². The number of hydrogen-bond acceptors (Lipinski definition) is 3. The minimum absolute atomic E-state index is 0.736. The van der Waals surface area contributed by atoms with E-state index in [0.717, 1.165) is 42.0 Å². The van der Waals surface area contributed by atoms with Crippen molar-refractivity contribution in [1.82, 2.24) is 0 Å². The Kier molecular flexibility index (Phi) is 3.46. The summed E-state index contributed by atoms with van der Waals surface area (Å²) in [7, 11) is 1.67. The lowest BCUT2D eigenvalue weighted by Gasteiger charge is -2.37. The van der Waals surface area contributed by atoms with E-state index in [1.807, 2.05) is 12.1 Å². The lowest BCUT2D eigenvalue weighted by Crippen LogP contribution is -2.39. The van der Waals surface area contributed by atoms with E-state index in [9.17, 15) is 0 Å². The van der Waals surface area contributed by atoms with Crippen LogP contribution in [0.4, 0.5) is 11.4 Å². The van der Waals surface area contributed by atoms with Gasteiger partial charge < -0.3 is 15.4 Å². The predicted octanol–water partition coefficient (Wildman–Crippen LogP) is 2.76. The van der Waals surface area contributed by atoms with Crippen molar-refractivity contribution in [2.75, 3.05) is 30.8 Å². The van der Waals surface area contributed by atoms with Gasteiger partial charge in [0, 0.05) is 19.2 Å². The molecule has 0 amide bonds. The molecule has 3 heteroatoms. The topological polar surface area (TPSA) is 38.5 Å². The molecule has 0 saturated carbocycles. The van der Waals surface area contributed by atoms with Crippen LogP contribution in [0.5, 0.6) is 5.75 Å². The molecule has 17 heavy (non-hydrogen) atoms. The molecular weight excluding hydrogens is 212 g/mol. The number of anilines is 2. The van der Waals surface area contributed by atoms with Crippen LogP contribution in [0.25, 0.3) is 0 Å². The van der Waals surface area contributed by atoms with Crippen molar-refractivity contribution in [3.8, 4) is 5.75 Å². The number of methoxy groups -OCH3 is 1. The molecule has 1 aromatic rings. The maximum Gasteiger partial charge on any atom is 0.121 e. The van der Waals surface area contributed by atoms with Gasteiger partial charge in [-0.25, -0.2) is 0 Å². The van der Waals surface area contributed by atoms with Gasteiger partial charge in [-0.2, -0.15) is 0 Å². The largest absolute Gasteiger partial charge is 0.497 e. The van der Waals surface area contributed by atoms with Crippen LogP contribution in [0, 0.1) is 11.8 Å². The van der Waals surface area contributed by atoms with Gasteiger partial charge in [0.25, 0.3) is 0 Å². The van der Waals surface area contributed by atoms with Crippen molar-refractivity contribution < 1.29 is 4.74 Å². The van der Waals surface area contributed by atoms with E-state index in [1.54, 1.807) is 7.11 Å². The van der Waals surface area contributed by atoms with Gasteiger partial charge in [-0.05, 0) is 30.4 Å². The highest BCUT2D eigenvalue weighted by Crippen LogP contribution is 2.32. The van der Waals surface area contributed by atoms with Crippen molar-refractivity contribution in [2.24, 2.45) is 11.8 Å². The van der Waals surface area contributed by atoms with Crippen LogP contribution in [-0.2, 0) is 0 Å². The Bertz CT molecular complexity index is 382. The van der Waals surface area contributed by atoms with Crippen LogP contribution < -0.4 is 15.4 Å². The summed E-state index contributed by atoms with van der Waals surface area (Å²) in [5.74, 6) is 2.30.